The van der Waals surface area contributed by atoms with Crippen molar-refractivity contribution in [1.82, 2.24) is 9.88 Å². The van der Waals surface area contributed by atoms with Crippen LogP contribution in [-0.4, -0.2) is 34.9 Å². The Balaban J connectivity index is 2.75. The number of amides is 1. The van der Waals surface area contributed by atoms with Crippen LogP contribution in [0, 0.1) is 5.41 Å². The number of carbonyl (C=O) groups is 2. The van der Waals surface area contributed by atoms with Crippen molar-refractivity contribution in [3.05, 3.63) is 30.1 Å². The Hall–Kier alpha value is -1.91. The lowest BCUT2D eigenvalue weighted by molar-refractivity contribution is -0.145. The minimum Gasteiger partial charge on any atom is -0.466 e. The average Bonchev–Trinajstić information content (AvgIpc) is 2.43. The highest BCUT2D eigenvalue weighted by atomic mass is 16.5. The molecule has 1 heterocycles. The van der Waals surface area contributed by atoms with Crippen molar-refractivity contribution in [3.8, 4) is 0 Å². The Morgan fingerprint density at radius 1 is 1.24 bits per heavy atom. The number of aromatic nitrogens is 1. The summed E-state index contributed by atoms with van der Waals surface area (Å²) in [6, 6.07) is 3.74. The van der Waals surface area contributed by atoms with Gasteiger partial charge in [0.05, 0.1) is 13.0 Å². The largest absolute Gasteiger partial charge is 0.466 e. The van der Waals surface area contributed by atoms with E-state index >= 15 is 0 Å². The SMILES string of the molecule is CCOC(=O)CCN(Cc1ccncc1)C(=O)C(C)(C)C. The van der Waals surface area contributed by atoms with Crippen LogP contribution in [0.1, 0.15) is 39.7 Å². The topological polar surface area (TPSA) is 59.5 Å². The molecule has 1 aromatic heterocycles. The van der Waals surface area contributed by atoms with E-state index in [4.69, 9.17) is 4.74 Å². The lowest BCUT2D eigenvalue weighted by Gasteiger charge is -2.29. The molecule has 1 rings (SSSR count). The van der Waals surface area contributed by atoms with Gasteiger partial charge in [-0.3, -0.25) is 14.6 Å². The molecule has 1 amide bonds. The molecule has 0 radical (unpaired) electrons. The van der Waals surface area contributed by atoms with Crippen LogP contribution in [0.25, 0.3) is 0 Å². The van der Waals surface area contributed by atoms with Crippen molar-refractivity contribution in [2.24, 2.45) is 5.41 Å². The molecule has 0 aliphatic carbocycles. The van der Waals surface area contributed by atoms with Crippen molar-refractivity contribution in [2.45, 2.75) is 40.7 Å². The zero-order chi connectivity index (χ0) is 15.9. The molecule has 0 unspecified atom stereocenters. The standard InChI is InChI=1S/C16H24N2O3/c1-5-21-14(19)8-11-18(15(20)16(2,3)4)12-13-6-9-17-10-7-13/h6-7,9-10H,5,8,11-12H2,1-4H3. The number of rotatable bonds is 6. The van der Waals surface area contributed by atoms with E-state index in [2.05, 4.69) is 4.98 Å². The molecule has 1 aromatic rings. The second-order valence-corrected chi connectivity index (χ2v) is 5.89. The summed E-state index contributed by atoms with van der Waals surface area (Å²) >= 11 is 0. The molecule has 0 atom stereocenters. The Morgan fingerprint density at radius 2 is 1.86 bits per heavy atom. The lowest BCUT2D eigenvalue weighted by Crippen LogP contribution is -2.40. The molecule has 116 valence electrons. The van der Waals surface area contributed by atoms with Crippen molar-refractivity contribution >= 4 is 11.9 Å². The highest BCUT2D eigenvalue weighted by Gasteiger charge is 2.27. The molecule has 5 heteroatoms. The molecular formula is C16H24N2O3. The fourth-order valence-electron chi connectivity index (χ4n) is 1.89. The first-order valence-corrected chi connectivity index (χ1v) is 7.18. The fourth-order valence-corrected chi connectivity index (χ4v) is 1.89. The minimum absolute atomic E-state index is 0.0172. The molecule has 0 spiro atoms. The Morgan fingerprint density at radius 3 is 2.38 bits per heavy atom. The molecular weight excluding hydrogens is 268 g/mol. The van der Waals surface area contributed by atoms with Crippen LogP contribution in [0.4, 0.5) is 0 Å². The second-order valence-electron chi connectivity index (χ2n) is 5.89. The first-order valence-electron chi connectivity index (χ1n) is 7.18. The summed E-state index contributed by atoms with van der Waals surface area (Å²) in [6.07, 6.45) is 3.60. The molecule has 0 fully saturated rings. The molecule has 0 saturated carbocycles. The first-order chi connectivity index (χ1) is 9.84. The third kappa shape index (κ3) is 5.94. The number of nitrogens with zero attached hydrogens (tertiary/aromatic N) is 2. The normalized spacial score (nSPS) is 11.0. The van der Waals surface area contributed by atoms with E-state index in [0.717, 1.165) is 5.56 Å². The van der Waals surface area contributed by atoms with Gasteiger partial charge < -0.3 is 9.64 Å². The van der Waals surface area contributed by atoms with E-state index in [1.807, 2.05) is 32.9 Å². The van der Waals surface area contributed by atoms with Gasteiger partial charge in [-0.25, -0.2) is 0 Å². The Bertz CT molecular complexity index is 466. The zero-order valence-electron chi connectivity index (χ0n) is 13.3. The smallest absolute Gasteiger partial charge is 0.307 e. The summed E-state index contributed by atoms with van der Waals surface area (Å²) in [5.74, 6) is -0.262. The van der Waals surface area contributed by atoms with E-state index in [-0.39, 0.29) is 18.3 Å². The maximum absolute atomic E-state index is 12.5. The third-order valence-electron chi connectivity index (χ3n) is 2.94. The molecule has 0 N–H and O–H groups in total. The number of carbonyl (C=O) groups excluding carboxylic acids is 2. The molecule has 21 heavy (non-hydrogen) atoms. The van der Waals surface area contributed by atoms with Gasteiger partial charge in [0.1, 0.15) is 0 Å². The second kappa shape index (κ2) is 7.76. The Labute approximate surface area is 126 Å². The highest BCUT2D eigenvalue weighted by molar-refractivity contribution is 5.82. The van der Waals surface area contributed by atoms with E-state index in [1.54, 1.807) is 24.2 Å². The Kier molecular flexibility index (Phi) is 6.34. The van der Waals surface area contributed by atoms with Crippen molar-refractivity contribution in [2.75, 3.05) is 13.2 Å². The monoisotopic (exact) mass is 292 g/mol. The van der Waals surface area contributed by atoms with Gasteiger partial charge in [0.15, 0.2) is 0 Å². The van der Waals surface area contributed by atoms with E-state index < -0.39 is 5.41 Å². The number of hydrogen-bond acceptors (Lipinski definition) is 4. The summed E-state index contributed by atoms with van der Waals surface area (Å²) in [6.45, 7) is 8.58. The van der Waals surface area contributed by atoms with Crippen LogP contribution in [0.5, 0.6) is 0 Å². The molecule has 0 aliphatic rings. The van der Waals surface area contributed by atoms with Gasteiger partial charge in [-0.1, -0.05) is 20.8 Å². The van der Waals surface area contributed by atoms with Crippen molar-refractivity contribution in [3.63, 3.8) is 0 Å². The number of esters is 1. The van der Waals surface area contributed by atoms with Crippen LogP contribution < -0.4 is 0 Å². The molecule has 0 aliphatic heterocycles. The summed E-state index contributed by atoms with van der Waals surface area (Å²) in [5, 5.41) is 0. The average molecular weight is 292 g/mol. The van der Waals surface area contributed by atoms with Crippen LogP contribution in [0.15, 0.2) is 24.5 Å². The highest BCUT2D eigenvalue weighted by Crippen LogP contribution is 2.19. The number of hydrogen-bond donors (Lipinski definition) is 0. The summed E-state index contributed by atoms with van der Waals surface area (Å²) < 4.78 is 4.92. The van der Waals surface area contributed by atoms with Crippen molar-refractivity contribution in [1.29, 1.82) is 0 Å². The minimum atomic E-state index is -0.484. The number of ether oxygens (including phenoxy) is 1. The van der Waals surface area contributed by atoms with Gasteiger partial charge in [-0.05, 0) is 24.6 Å². The van der Waals surface area contributed by atoms with Gasteiger partial charge >= 0.3 is 5.97 Å². The van der Waals surface area contributed by atoms with Crippen LogP contribution in [0.3, 0.4) is 0 Å². The molecule has 0 saturated heterocycles. The number of pyridine rings is 1. The predicted molar refractivity (Wildman–Crippen MR) is 80.4 cm³/mol. The fraction of sp³-hybridized carbons (Fsp3) is 0.562. The van der Waals surface area contributed by atoms with E-state index in [0.29, 0.717) is 19.7 Å². The van der Waals surface area contributed by atoms with Crippen LogP contribution in [0.2, 0.25) is 0 Å². The van der Waals surface area contributed by atoms with E-state index in [9.17, 15) is 9.59 Å². The van der Waals surface area contributed by atoms with Crippen molar-refractivity contribution < 1.29 is 14.3 Å². The van der Waals surface area contributed by atoms with Crippen LogP contribution in [-0.2, 0) is 20.9 Å². The first kappa shape index (κ1) is 17.1. The summed E-state index contributed by atoms with van der Waals surface area (Å²) in [5.41, 5.74) is 0.508. The van der Waals surface area contributed by atoms with Gasteiger partial charge in [0.25, 0.3) is 0 Å². The molecule has 0 bridgehead atoms. The maximum Gasteiger partial charge on any atom is 0.307 e. The maximum atomic E-state index is 12.5. The lowest BCUT2D eigenvalue weighted by atomic mass is 9.94. The molecule has 0 aromatic carbocycles. The molecule has 5 nitrogen and oxygen atoms in total. The van der Waals surface area contributed by atoms with E-state index in [1.165, 1.54) is 0 Å². The summed E-state index contributed by atoms with van der Waals surface area (Å²) in [7, 11) is 0. The van der Waals surface area contributed by atoms with Gasteiger partial charge in [-0.15, -0.1) is 0 Å². The predicted octanol–water partition coefficient (Wildman–Crippen LogP) is 2.41. The summed E-state index contributed by atoms with van der Waals surface area (Å²) in [4.78, 5) is 29.7. The third-order valence-corrected chi connectivity index (χ3v) is 2.94. The quantitative estimate of drug-likeness (QED) is 0.755. The van der Waals surface area contributed by atoms with Gasteiger partial charge in [0, 0.05) is 30.9 Å². The van der Waals surface area contributed by atoms with Gasteiger partial charge in [-0.2, -0.15) is 0 Å². The van der Waals surface area contributed by atoms with Crippen LogP contribution >= 0.6 is 0 Å². The zero-order valence-corrected chi connectivity index (χ0v) is 13.3. The van der Waals surface area contributed by atoms with Gasteiger partial charge in [0.2, 0.25) is 5.91 Å².